The first-order valence-electron chi connectivity index (χ1n) is 8.81. The second-order valence-corrected chi connectivity index (χ2v) is 6.54. The van der Waals surface area contributed by atoms with Gasteiger partial charge in [0.2, 0.25) is 5.88 Å². The van der Waals surface area contributed by atoms with Crippen molar-refractivity contribution in [3.63, 3.8) is 0 Å². The number of hydrogen-bond donors (Lipinski definition) is 0. The molecule has 3 aromatic rings. The zero-order valence-corrected chi connectivity index (χ0v) is 14.6. The van der Waals surface area contributed by atoms with E-state index < -0.39 is 0 Å². The van der Waals surface area contributed by atoms with Crippen LogP contribution in [0.2, 0.25) is 0 Å². The Bertz CT molecular complexity index is 927. The van der Waals surface area contributed by atoms with Gasteiger partial charge in [0.25, 0.3) is 5.91 Å². The number of pyridine rings is 1. The van der Waals surface area contributed by atoms with Gasteiger partial charge < -0.3 is 9.64 Å². The van der Waals surface area contributed by atoms with Gasteiger partial charge in [0.1, 0.15) is 11.8 Å². The fourth-order valence-corrected chi connectivity index (χ4v) is 3.19. The SMILES string of the molecule is Cc1ccc(OC2CCCN(C(=O)c3ccc4ccccc4n3)C2)nn1. The standard InChI is InChI=1S/C20H20N4O2/c1-14-8-11-19(23-22-14)26-16-6-4-12-24(13-16)20(25)18-10-9-15-5-2-3-7-17(15)21-18/h2-3,5,7-11,16H,4,6,12-13H2,1H3. The lowest BCUT2D eigenvalue weighted by atomic mass is 10.1. The number of carbonyl (C=O) groups is 1. The quantitative estimate of drug-likeness (QED) is 0.728. The minimum Gasteiger partial charge on any atom is -0.471 e. The molecule has 1 amide bonds. The lowest BCUT2D eigenvalue weighted by molar-refractivity contribution is 0.0520. The van der Waals surface area contributed by atoms with Crippen molar-refractivity contribution in [2.75, 3.05) is 13.1 Å². The summed E-state index contributed by atoms with van der Waals surface area (Å²) >= 11 is 0. The maximum atomic E-state index is 12.9. The Labute approximate surface area is 151 Å². The predicted molar refractivity (Wildman–Crippen MR) is 98.1 cm³/mol. The summed E-state index contributed by atoms with van der Waals surface area (Å²) in [4.78, 5) is 19.2. The summed E-state index contributed by atoms with van der Waals surface area (Å²) in [5.41, 5.74) is 2.15. The molecule has 26 heavy (non-hydrogen) atoms. The van der Waals surface area contributed by atoms with Crippen molar-refractivity contribution < 1.29 is 9.53 Å². The van der Waals surface area contributed by atoms with Gasteiger partial charge in [0.05, 0.1) is 17.8 Å². The Hall–Kier alpha value is -3.02. The van der Waals surface area contributed by atoms with Crippen LogP contribution in [-0.4, -0.2) is 45.2 Å². The van der Waals surface area contributed by atoms with E-state index in [9.17, 15) is 4.79 Å². The maximum absolute atomic E-state index is 12.9. The second-order valence-electron chi connectivity index (χ2n) is 6.54. The highest BCUT2D eigenvalue weighted by atomic mass is 16.5. The van der Waals surface area contributed by atoms with Crippen molar-refractivity contribution in [3.05, 3.63) is 59.9 Å². The van der Waals surface area contributed by atoms with Gasteiger partial charge in [0.15, 0.2) is 0 Å². The molecule has 0 bridgehead atoms. The van der Waals surface area contributed by atoms with E-state index in [4.69, 9.17) is 4.74 Å². The van der Waals surface area contributed by atoms with Gasteiger partial charge in [0, 0.05) is 18.0 Å². The summed E-state index contributed by atoms with van der Waals surface area (Å²) in [6.07, 6.45) is 1.71. The average Bonchev–Trinajstić information content (AvgIpc) is 2.69. The number of carbonyl (C=O) groups excluding carboxylic acids is 1. The van der Waals surface area contributed by atoms with Crippen LogP contribution in [0.1, 0.15) is 29.0 Å². The highest BCUT2D eigenvalue weighted by Gasteiger charge is 2.26. The lowest BCUT2D eigenvalue weighted by Gasteiger charge is -2.32. The fourth-order valence-electron chi connectivity index (χ4n) is 3.19. The molecule has 6 heteroatoms. The number of para-hydroxylation sites is 1. The summed E-state index contributed by atoms with van der Waals surface area (Å²) in [5.74, 6) is 0.442. The van der Waals surface area contributed by atoms with Crippen molar-refractivity contribution in [2.24, 2.45) is 0 Å². The van der Waals surface area contributed by atoms with Crippen LogP contribution in [0.15, 0.2) is 48.5 Å². The zero-order chi connectivity index (χ0) is 17.9. The van der Waals surface area contributed by atoms with Crippen LogP contribution in [0.25, 0.3) is 10.9 Å². The number of nitrogens with zero attached hydrogens (tertiary/aromatic N) is 4. The molecule has 4 rings (SSSR count). The first kappa shape index (κ1) is 16.4. The van der Waals surface area contributed by atoms with Crippen molar-refractivity contribution in [3.8, 4) is 5.88 Å². The number of benzene rings is 1. The molecule has 1 aliphatic heterocycles. The molecular formula is C20H20N4O2. The van der Waals surface area contributed by atoms with Crippen molar-refractivity contribution in [2.45, 2.75) is 25.9 Å². The lowest BCUT2D eigenvalue weighted by Crippen LogP contribution is -2.44. The maximum Gasteiger partial charge on any atom is 0.272 e. The summed E-state index contributed by atoms with van der Waals surface area (Å²) in [5, 5.41) is 9.09. The molecule has 1 atom stereocenters. The Balaban J connectivity index is 1.47. The van der Waals surface area contributed by atoms with Gasteiger partial charge in [-0.2, -0.15) is 5.10 Å². The Morgan fingerprint density at radius 3 is 2.85 bits per heavy atom. The van der Waals surface area contributed by atoms with Gasteiger partial charge in [-0.25, -0.2) is 4.98 Å². The van der Waals surface area contributed by atoms with E-state index in [0.717, 1.165) is 29.4 Å². The van der Waals surface area contributed by atoms with Crippen LogP contribution in [-0.2, 0) is 0 Å². The van der Waals surface area contributed by atoms with Crippen LogP contribution in [0, 0.1) is 6.92 Å². The second kappa shape index (κ2) is 7.07. The zero-order valence-electron chi connectivity index (χ0n) is 14.6. The molecule has 0 saturated carbocycles. The van der Waals surface area contributed by atoms with Gasteiger partial charge in [-0.05, 0) is 38.0 Å². The summed E-state index contributed by atoms with van der Waals surface area (Å²) in [6.45, 7) is 3.13. The summed E-state index contributed by atoms with van der Waals surface area (Å²) in [7, 11) is 0. The molecule has 1 aliphatic rings. The third-order valence-corrected chi connectivity index (χ3v) is 4.54. The molecule has 0 radical (unpaired) electrons. The van der Waals surface area contributed by atoms with E-state index >= 15 is 0 Å². The van der Waals surface area contributed by atoms with Crippen molar-refractivity contribution in [1.29, 1.82) is 0 Å². The van der Waals surface area contributed by atoms with Gasteiger partial charge in [-0.1, -0.05) is 24.3 Å². The number of aryl methyl sites for hydroxylation is 1. The van der Waals surface area contributed by atoms with Crippen LogP contribution in [0.4, 0.5) is 0 Å². The van der Waals surface area contributed by atoms with Crippen LogP contribution < -0.4 is 4.74 Å². The highest BCUT2D eigenvalue weighted by molar-refractivity contribution is 5.95. The Morgan fingerprint density at radius 1 is 1.12 bits per heavy atom. The van der Waals surface area contributed by atoms with Crippen LogP contribution in [0.3, 0.4) is 0 Å². The van der Waals surface area contributed by atoms with E-state index in [1.165, 1.54) is 0 Å². The highest BCUT2D eigenvalue weighted by Crippen LogP contribution is 2.19. The Kier molecular flexibility index (Phi) is 4.48. The fraction of sp³-hybridized carbons (Fsp3) is 0.300. The number of piperidine rings is 1. The van der Waals surface area contributed by atoms with E-state index in [2.05, 4.69) is 15.2 Å². The minimum atomic E-state index is -0.0786. The number of aromatic nitrogens is 3. The van der Waals surface area contributed by atoms with E-state index in [0.29, 0.717) is 24.7 Å². The average molecular weight is 348 g/mol. The van der Waals surface area contributed by atoms with E-state index in [-0.39, 0.29) is 12.0 Å². The van der Waals surface area contributed by atoms with E-state index in [1.54, 1.807) is 6.07 Å². The number of likely N-dealkylation sites (tertiary alicyclic amines) is 1. The first-order valence-corrected chi connectivity index (χ1v) is 8.81. The third kappa shape index (κ3) is 3.49. The number of amides is 1. The molecule has 1 aromatic carbocycles. The molecule has 0 aliphatic carbocycles. The predicted octanol–water partition coefficient (Wildman–Crippen LogP) is 3.02. The number of hydrogen-bond acceptors (Lipinski definition) is 5. The normalized spacial score (nSPS) is 17.3. The molecular weight excluding hydrogens is 328 g/mol. The van der Waals surface area contributed by atoms with Crippen molar-refractivity contribution in [1.82, 2.24) is 20.1 Å². The molecule has 6 nitrogen and oxygen atoms in total. The van der Waals surface area contributed by atoms with Crippen molar-refractivity contribution >= 4 is 16.8 Å². The molecule has 1 fully saturated rings. The van der Waals surface area contributed by atoms with Gasteiger partial charge in [-0.15, -0.1) is 5.10 Å². The smallest absolute Gasteiger partial charge is 0.272 e. The van der Waals surface area contributed by atoms with Gasteiger partial charge >= 0.3 is 0 Å². The van der Waals surface area contributed by atoms with Crippen LogP contribution in [0.5, 0.6) is 5.88 Å². The van der Waals surface area contributed by atoms with Gasteiger partial charge in [-0.3, -0.25) is 4.79 Å². The molecule has 3 heterocycles. The monoisotopic (exact) mass is 348 g/mol. The van der Waals surface area contributed by atoms with Crippen LogP contribution >= 0.6 is 0 Å². The third-order valence-electron chi connectivity index (χ3n) is 4.54. The largest absolute Gasteiger partial charge is 0.471 e. The molecule has 1 unspecified atom stereocenters. The molecule has 0 N–H and O–H groups in total. The number of fused-ring (bicyclic) bond motifs is 1. The summed E-state index contributed by atoms with van der Waals surface area (Å²) in [6, 6.07) is 15.2. The minimum absolute atomic E-state index is 0.0564. The molecule has 1 saturated heterocycles. The molecule has 2 aromatic heterocycles. The van der Waals surface area contributed by atoms with E-state index in [1.807, 2.05) is 54.3 Å². The topological polar surface area (TPSA) is 68.2 Å². The summed E-state index contributed by atoms with van der Waals surface area (Å²) < 4.78 is 5.91. The number of rotatable bonds is 3. The Morgan fingerprint density at radius 2 is 2.00 bits per heavy atom. The molecule has 0 spiro atoms. The molecule has 132 valence electrons. The first-order chi connectivity index (χ1) is 12.7. The number of ether oxygens (including phenoxy) is 1.